The molecule has 0 spiro atoms. The molecular formula is C15H24N4O. The minimum absolute atomic E-state index is 0.193. The maximum atomic E-state index is 11.6. The average Bonchev–Trinajstić information content (AvgIpc) is 2.48. The van der Waals surface area contributed by atoms with Gasteiger partial charge in [0, 0.05) is 31.3 Å². The van der Waals surface area contributed by atoms with Crippen LogP contribution in [0.1, 0.15) is 37.1 Å². The van der Waals surface area contributed by atoms with Crippen molar-refractivity contribution in [1.82, 2.24) is 15.3 Å². The lowest BCUT2D eigenvalue weighted by Gasteiger charge is -2.27. The van der Waals surface area contributed by atoms with E-state index in [1.54, 1.807) is 7.05 Å². The molecule has 5 heteroatoms. The number of hydrogen-bond acceptors (Lipinski definition) is 4. The highest BCUT2D eigenvalue weighted by Crippen LogP contribution is 2.29. The molecule has 0 radical (unpaired) electrons. The zero-order chi connectivity index (χ0) is 14.5. The fraction of sp³-hybridized carbons (Fsp3) is 0.667. The van der Waals surface area contributed by atoms with Crippen molar-refractivity contribution in [3.63, 3.8) is 0 Å². The zero-order valence-electron chi connectivity index (χ0n) is 12.6. The lowest BCUT2D eigenvalue weighted by Crippen LogP contribution is -2.32. The Hall–Kier alpha value is -1.65. The van der Waals surface area contributed by atoms with E-state index in [2.05, 4.69) is 20.6 Å². The van der Waals surface area contributed by atoms with E-state index < -0.39 is 0 Å². The molecule has 5 nitrogen and oxygen atoms in total. The van der Waals surface area contributed by atoms with Crippen molar-refractivity contribution in [1.29, 1.82) is 0 Å². The Morgan fingerprint density at radius 1 is 1.30 bits per heavy atom. The van der Waals surface area contributed by atoms with Crippen molar-refractivity contribution in [2.24, 2.45) is 11.8 Å². The molecular weight excluding hydrogens is 252 g/mol. The van der Waals surface area contributed by atoms with E-state index in [4.69, 9.17) is 0 Å². The van der Waals surface area contributed by atoms with Gasteiger partial charge in [-0.3, -0.25) is 4.79 Å². The number of rotatable bonds is 4. The molecule has 20 heavy (non-hydrogen) atoms. The minimum Gasteiger partial charge on any atom is -0.369 e. The van der Waals surface area contributed by atoms with Crippen LogP contribution in [-0.2, 0) is 4.79 Å². The molecule has 0 aromatic carbocycles. The highest BCUT2D eigenvalue weighted by atomic mass is 16.1. The monoisotopic (exact) mass is 276 g/mol. The van der Waals surface area contributed by atoms with Gasteiger partial charge in [-0.15, -0.1) is 0 Å². The number of carbonyl (C=O) groups is 1. The third kappa shape index (κ3) is 3.68. The first-order chi connectivity index (χ1) is 9.60. The zero-order valence-corrected chi connectivity index (χ0v) is 12.6. The molecule has 0 aliphatic heterocycles. The predicted molar refractivity (Wildman–Crippen MR) is 79.5 cm³/mol. The first-order valence-electron chi connectivity index (χ1n) is 7.36. The van der Waals surface area contributed by atoms with Gasteiger partial charge in [0.05, 0.1) is 0 Å². The van der Waals surface area contributed by atoms with Crippen molar-refractivity contribution in [3.8, 4) is 0 Å². The maximum Gasteiger partial charge on any atom is 0.222 e. The number of hydrogen-bond donors (Lipinski definition) is 2. The van der Waals surface area contributed by atoms with Crippen LogP contribution < -0.4 is 10.6 Å². The fourth-order valence-corrected chi connectivity index (χ4v) is 2.78. The van der Waals surface area contributed by atoms with Crippen LogP contribution in [-0.4, -0.2) is 29.5 Å². The van der Waals surface area contributed by atoms with E-state index in [9.17, 15) is 4.79 Å². The SMILES string of the molecule is CNC(=O)C1CCC(CNc2nc(C)ncc2C)CC1. The summed E-state index contributed by atoms with van der Waals surface area (Å²) >= 11 is 0. The standard InChI is InChI=1S/C15H24N4O/c1-10-8-17-11(2)19-14(10)18-9-12-4-6-13(7-5-12)15(20)16-3/h8,12-13H,4-7,9H2,1-3H3,(H,16,20)(H,17,18,19). The van der Waals surface area contributed by atoms with Gasteiger partial charge >= 0.3 is 0 Å². The van der Waals surface area contributed by atoms with Crippen molar-refractivity contribution < 1.29 is 4.79 Å². The molecule has 0 saturated heterocycles. The summed E-state index contributed by atoms with van der Waals surface area (Å²) in [6.07, 6.45) is 6.05. The van der Waals surface area contributed by atoms with Crippen molar-refractivity contribution >= 4 is 11.7 Å². The van der Waals surface area contributed by atoms with Gasteiger partial charge in [-0.2, -0.15) is 0 Å². The number of nitrogens with zero attached hydrogens (tertiary/aromatic N) is 2. The number of anilines is 1. The molecule has 110 valence electrons. The van der Waals surface area contributed by atoms with E-state index in [0.717, 1.165) is 49.4 Å². The number of carbonyl (C=O) groups excluding carboxylic acids is 1. The van der Waals surface area contributed by atoms with Crippen LogP contribution in [0.5, 0.6) is 0 Å². The summed E-state index contributed by atoms with van der Waals surface area (Å²) in [5, 5.41) is 6.18. The van der Waals surface area contributed by atoms with Crippen LogP contribution in [0.2, 0.25) is 0 Å². The first kappa shape index (κ1) is 14.8. The summed E-state index contributed by atoms with van der Waals surface area (Å²) in [5.41, 5.74) is 1.08. The second kappa shape index (κ2) is 6.68. The lowest BCUT2D eigenvalue weighted by atomic mass is 9.81. The Balaban J connectivity index is 1.81. The van der Waals surface area contributed by atoms with E-state index in [1.165, 1.54) is 0 Å². The first-order valence-corrected chi connectivity index (χ1v) is 7.36. The van der Waals surface area contributed by atoms with Crippen LogP contribution in [0.25, 0.3) is 0 Å². The number of aryl methyl sites for hydroxylation is 2. The molecule has 1 aromatic heterocycles. The molecule has 1 aliphatic rings. The Morgan fingerprint density at radius 3 is 2.65 bits per heavy atom. The summed E-state index contributed by atoms with van der Waals surface area (Å²) in [5.74, 6) is 2.76. The van der Waals surface area contributed by atoms with Crippen LogP contribution in [0.3, 0.4) is 0 Å². The van der Waals surface area contributed by atoms with Gasteiger partial charge in [-0.1, -0.05) is 0 Å². The number of aromatic nitrogens is 2. The van der Waals surface area contributed by atoms with Gasteiger partial charge in [-0.25, -0.2) is 9.97 Å². The Labute approximate surface area is 120 Å². The Kier molecular flexibility index (Phi) is 4.93. The molecule has 0 unspecified atom stereocenters. The van der Waals surface area contributed by atoms with Gasteiger partial charge in [0.15, 0.2) is 0 Å². The molecule has 2 rings (SSSR count). The van der Waals surface area contributed by atoms with Crippen molar-refractivity contribution in [2.45, 2.75) is 39.5 Å². The highest BCUT2D eigenvalue weighted by Gasteiger charge is 2.25. The molecule has 0 atom stereocenters. The van der Waals surface area contributed by atoms with Gasteiger partial charge in [0.25, 0.3) is 0 Å². The smallest absolute Gasteiger partial charge is 0.222 e. The predicted octanol–water partition coefficient (Wildman–Crippen LogP) is 2.06. The molecule has 1 amide bonds. The molecule has 1 aliphatic carbocycles. The maximum absolute atomic E-state index is 11.6. The topological polar surface area (TPSA) is 66.9 Å². The molecule has 2 N–H and O–H groups in total. The lowest BCUT2D eigenvalue weighted by molar-refractivity contribution is -0.125. The van der Waals surface area contributed by atoms with Gasteiger partial charge in [-0.05, 0) is 45.4 Å². The van der Waals surface area contributed by atoms with Crippen LogP contribution in [0, 0.1) is 25.7 Å². The van der Waals surface area contributed by atoms with E-state index >= 15 is 0 Å². The fourth-order valence-electron chi connectivity index (χ4n) is 2.78. The van der Waals surface area contributed by atoms with Crippen LogP contribution in [0.15, 0.2) is 6.20 Å². The van der Waals surface area contributed by atoms with E-state index in [1.807, 2.05) is 20.0 Å². The van der Waals surface area contributed by atoms with Crippen molar-refractivity contribution in [3.05, 3.63) is 17.6 Å². The third-order valence-corrected chi connectivity index (χ3v) is 4.11. The molecule has 1 fully saturated rings. The largest absolute Gasteiger partial charge is 0.369 e. The summed E-state index contributed by atoms with van der Waals surface area (Å²) in [6.45, 7) is 4.85. The quantitative estimate of drug-likeness (QED) is 0.883. The van der Waals surface area contributed by atoms with Gasteiger partial charge < -0.3 is 10.6 Å². The highest BCUT2D eigenvalue weighted by molar-refractivity contribution is 5.78. The molecule has 1 saturated carbocycles. The summed E-state index contributed by atoms with van der Waals surface area (Å²) in [6, 6.07) is 0. The van der Waals surface area contributed by atoms with Crippen LogP contribution >= 0.6 is 0 Å². The van der Waals surface area contributed by atoms with E-state index in [0.29, 0.717) is 5.92 Å². The molecule has 0 bridgehead atoms. The van der Waals surface area contributed by atoms with Gasteiger partial charge in [0.1, 0.15) is 11.6 Å². The normalized spacial score (nSPS) is 22.4. The van der Waals surface area contributed by atoms with Crippen LogP contribution in [0.4, 0.5) is 5.82 Å². The minimum atomic E-state index is 0.193. The molecule has 1 aromatic rings. The third-order valence-electron chi connectivity index (χ3n) is 4.11. The Morgan fingerprint density at radius 2 is 2.00 bits per heavy atom. The number of amides is 1. The van der Waals surface area contributed by atoms with Gasteiger partial charge in [0.2, 0.25) is 5.91 Å². The van der Waals surface area contributed by atoms with Crippen molar-refractivity contribution in [2.75, 3.05) is 18.9 Å². The average molecular weight is 276 g/mol. The number of nitrogens with one attached hydrogen (secondary N) is 2. The summed E-state index contributed by atoms with van der Waals surface area (Å²) < 4.78 is 0. The second-order valence-electron chi connectivity index (χ2n) is 5.66. The van der Waals surface area contributed by atoms with E-state index in [-0.39, 0.29) is 11.8 Å². The Bertz CT molecular complexity index is 467. The summed E-state index contributed by atoms with van der Waals surface area (Å²) in [7, 11) is 1.72. The molecule has 1 heterocycles. The summed E-state index contributed by atoms with van der Waals surface area (Å²) in [4.78, 5) is 20.2. The second-order valence-corrected chi connectivity index (χ2v) is 5.66.